The first-order valence-electron chi connectivity index (χ1n) is 6.06. The fourth-order valence-corrected chi connectivity index (χ4v) is 2.22. The Kier molecular flexibility index (Phi) is 5.51. The zero-order chi connectivity index (χ0) is 15.3. The van der Waals surface area contributed by atoms with Gasteiger partial charge in [-0.25, -0.2) is 4.79 Å². The van der Waals surface area contributed by atoms with Gasteiger partial charge in [0.2, 0.25) is 0 Å². The molecule has 2 unspecified atom stereocenters. The lowest BCUT2D eigenvalue weighted by Gasteiger charge is -2.21. The second kappa shape index (κ2) is 6.70. The molecule has 0 fully saturated rings. The quantitative estimate of drug-likeness (QED) is 0.782. The van der Waals surface area contributed by atoms with Crippen LogP contribution in [0.5, 0.6) is 0 Å². The normalized spacial score (nSPS) is 14.2. The predicted octanol–water partition coefficient (Wildman–Crippen LogP) is 1.54. The number of aliphatic hydroxyl groups is 2. The summed E-state index contributed by atoms with van der Waals surface area (Å²) in [4.78, 5) is 12.3. The lowest BCUT2D eigenvalue weighted by Crippen LogP contribution is -2.38. The molecule has 7 heteroatoms. The number of hydrogen-bond acceptors (Lipinski definition) is 6. The number of thiophene rings is 1. The van der Waals surface area contributed by atoms with Crippen LogP contribution in [0.4, 0.5) is 4.79 Å². The monoisotopic (exact) mass is 298 g/mol. The zero-order valence-corrected chi connectivity index (χ0v) is 12.4. The number of alkyl carbamates (subject to hydrolysis) is 1. The highest BCUT2D eigenvalue weighted by atomic mass is 32.1. The van der Waals surface area contributed by atoms with Crippen LogP contribution in [0.15, 0.2) is 12.1 Å². The first kappa shape index (κ1) is 16.4. The van der Waals surface area contributed by atoms with Crippen LogP contribution in [0.1, 0.15) is 36.6 Å². The minimum atomic E-state index is -1.17. The number of amides is 1. The smallest absolute Gasteiger partial charge is 0.407 e. The van der Waals surface area contributed by atoms with Crippen molar-refractivity contribution < 1.29 is 19.7 Å². The molecular formula is C13H18N2O4S. The highest BCUT2D eigenvalue weighted by molar-refractivity contribution is 7.12. The molecule has 0 saturated heterocycles. The van der Waals surface area contributed by atoms with Gasteiger partial charge in [0.25, 0.3) is 0 Å². The maximum absolute atomic E-state index is 11.4. The molecule has 0 aromatic carbocycles. The molecule has 0 radical (unpaired) electrons. The average molecular weight is 298 g/mol. The topological polar surface area (TPSA) is 103 Å². The maximum Gasteiger partial charge on any atom is 0.407 e. The van der Waals surface area contributed by atoms with E-state index in [1.807, 2.05) is 6.07 Å². The molecule has 1 rings (SSSR count). The second-order valence-electron chi connectivity index (χ2n) is 5.21. The van der Waals surface area contributed by atoms with Gasteiger partial charge in [-0.2, -0.15) is 5.26 Å². The maximum atomic E-state index is 11.4. The first-order valence-corrected chi connectivity index (χ1v) is 6.87. The molecule has 1 aromatic heterocycles. The molecule has 20 heavy (non-hydrogen) atoms. The fourth-order valence-electron chi connectivity index (χ4n) is 1.38. The third kappa shape index (κ3) is 5.17. The molecule has 6 nitrogen and oxygen atoms in total. The van der Waals surface area contributed by atoms with E-state index >= 15 is 0 Å². The minimum Gasteiger partial charge on any atom is -0.444 e. The van der Waals surface area contributed by atoms with Crippen molar-refractivity contribution in [1.82, 2.24) is 5.32 Å². The number of nitrogens with one attached hydrogen (secondary N) is 1. The van der Waals surface area contributed by atoms with Crippen molar-refractivity contribution in [2.45, 2.75) is 38.6 Å². The summed E-state index contributed by atoms with van der Waals surface area (Å²) < 4.78 is 5.01. The van der Waals surface area contributed by atoms with Crippen LogP contribution < -0.4 is 5.32 Å². The summed E-state index contributed by atoms with van der Waals surface area (Å²) in [5.74, 6) is 0. The Bertz CT molecular complexity index is 501. The molecule has 110 valence electrons. The molecule has 1 amide bonds. The summed E-state index contributed by atoms with van der Waals surface area (Å²) in [6, 6.07) is 5.09. The molecule has 0 aliphatic heterocycles. The van der Waals surface area contributed by atoms with Gasteiger partial charge in [0.15, 0.2) is 0 Å². The van der Waals surface area contributed by atoms with Crippen molar-refractivity contribution in [2.24, 2.45) is 0 Å². The number of ether oxygens (including phenoxy) is 1. The molecular weight excluding hydrogens is 280 g/mol. The SMILES string of the molecule is CC(C)(C)OC(=O)NCC(O)C(O)c1ccc(C#N)s1. The summed E-state index contributed by atoms with van der Waals surface area (Å²) in [5.41, 5.74) is -0.622. The van der Waals surface area contributed by atoms with Crippen molar-refractivity contribution >= 4 is 17.4 Å². The van der Waals surface area contributed by atoms with Gasteiger partial charge in [0.05, 0.1) is 0 Å². The van der Waals surface area contributed by atoms with E-state index in [1.165, 1.54) is 0 Å². The molecule has 1 heterocycles. The Morgan fingerprint density at radius 2 is 2.15 bits per heavy atom. The highest BCUT2D eigenvalue weighted by Gasteiger charge is 2.22. The highest BCUT2D eigenvalue weighted by Crippen LogP contribution is 2.25. The number of hydrogen-bond donors (Lipinski definition) is 3. The van der Waals surface area contributed by atoms with E-state index in [4.69, 9.17) is 10.00 Å². The first-order chi connectivity index (χ1) is 9.23. The van der Waals surface area contributed by atoms with E-state index < -0.39 is 23.9 Å². The average Bonchev–Trinajstić information content (AvgIpc) is 2.81. The van der Waals surface area contributed by atoms with Gasteiger partial charge in [-0.1, -0.05) is 0 Å². The summed E-state index contributed by atoms with van der Waals surface area (Å²) in [6.45, 7) is 5.04. The van der Waals surface area contributed by atoms with Crippen LogP contribution in [-0.2, 0) is 4.74 Å². The fraction of sp³-hybridized carbons (Fsp3) is 0.538. The van der Waals surface area contributed by atoms with Gasteiger partial charge in [0.1, 0.15) is 28.8 Å². The van der Waals surface area contributed by atoms with Crippen LogP contribution >= 0.6 is 11.3 Å². The number of aliphatic hydroxyl groups excluding tert-OH is 2. The minimum absolute atomic E-state index is 0.143. The standard InChI is InChI=1S/C13H18N2O4S/c1-13(2,3)19-12(18)15-7-9(16)11(17)10-5-4-8(6-14)20-10/h4-5,9,11,16-17H,7H2,1-3H3,(H,15,18). The van der Waals surface area contributed by atoms with Crippen molar-refractivity contribution in [3.63, 3.8) is 0 Å². The number of nitrogens with zero attached hydrogens (tertiary/aromatic N) is 1. The lowest BCUT2D eigenvalue weighted by atomic mass is 10.1. The Labute approximate surface area is 121 Å². The van der Waals surface area contributed by atoms with Crippen molar-refractivity contribution in [1.29, 1.82) is 5.26 Å². The molecule has 0 aliphatic rings. The number of carbonyl (C=O) groups excluding carboxylic acids is 1. The predicted molar refractivity (Wildman–Crippen MR) is 74.2 cm³/mol. The Morgan fingerprint density at radius 3 is 2.65 bits per heavy atom. The Hall–Kier alpha value is -1.62. The van der Waals surface area contributed by atoms with E-state index in [0.717, 1.165) is 11.3 Å². The van der Waals surface area contributed by atoms with Gasteiger partial charge in [-0.05, 0) is 32.9 Å². The van der Waals surface area contributed by atoms with Crippen LogP contribution in [0, 0.1) is 11.3 Å². The number of rotatable bonds is 4. The van der Waals surface area contributed by atoms with Crippen molar-refractivity contribution in [3.05, 3.63) is 21.9 Å². The second-order valence-corrected chi connectivity index (χ2v) is 6.32. The van der Waals surface area contributed by atoms with Crippen LogP contribution in [0.25, 0.3) is 0 Å². The summed E-state index contributed by atoms with van der Waals surface area (Å²) >= 11 is 1.10. The molecule has 2 atom stereocenters. The number of carbonyl (C=O) groups is 1. The molecule has 0 saturated carbocycles. The summed E-state index contributed by atoms with van der Waals surface area (Å²) in [6.07, 6.45) is -2.99. The largest absolute Gasteiger partial charge is 0.444 e. The van der Waals surface area contributed by atoms with E-state index in [9.17, 15) is 15.0 Å². The molecule has 3 N–H and O–H groups in total. The van der Waals surface area contributed by atoms with E-state index in [-0.39, 0.29) is 6.54 Å². The van der Waals surface area contributed by atoms with Crippen LogP contribution in [0.3, 0.4) is 0 Å². The molecule has 0 aliphatic carbocycles. The van der Waals surface area contributed by atoms with Gasteiger partial charge >= 0.3 is 6.09 Å². The van der Waals surface area contributed by atoms with Gasteiger partial charge in [-0.3, -0.25) is 0 Å². The summed E-state index contributed by atoms with van der Waals surface area (Å²) in [7, 11) is 0. The Balaban J connectivity index is 2.48. The third-order valence-electron chi connectivity index (χ3n) is 2.25. The van der Waals surface area contributed by atoms with E-state index in [0.29, 0.717) is 9.75 Å². The number of nitriles is 1. The molecule has 1 aromatic rings. The van der Waals surface area contributed by atoms with E-state index in [2.05, 4.69) is 5.32 Å². The summed E-state index contributed by atoms with van der Waals surface area (Å²) in [5, 5.41) is 30.8. The van der Waals surface area contributed by atoms with Crippen LogP contribution in [0.2, 0.25) is 0 Å². The molecule has 0 bridgehead atoms. The van der Waals surface area contributed by atoms with Gasteiger partial charge in [0, 0.05) is 11.4 Å². The Morgan fingerprint density at radius 1 is 1.50 bits per heavy atom. The van der Waals surface area contributed by atoms with Crippen molar-refractivity contribution in [3.8, 4) is 6.07 Å². The van der Waals surface area contributed by atoms with Gasteiger partial charge in [-0.15, -0.1) is 11.3 Å². The van der Waals surface area contributed by atoms with Gasteiger partial charge < -0.3 is 20.3 Å². The van der Waals surface area contributed by atoms with Crippen LogP contribution in [-0.4, -0.2) is 34.6 Å². The zero-order valence-electron chi connectivity index (χ0n) is 11.6. The lowest BCUT2D eigenvalue weighted by molar-refractivity contribution is 0.0146. The third-order valence-corrected chi connectivity index (χ3v) is 3.31. The molecule has 0 spiro atoms. The van der Waals surface area contributed by atoms with E-state index in [1.54, 1.807) is 32.9 Å². The van der Waals surface area contributed by atoms with Crippen molar-refractivity contribution in [2.75, 3.05) is 6.54 Å².